The maximum Gasteiger partial charge on any atom is 0.255 e. The van der Waals surface area contributed by atoms with E-state index in [4.69, 9.17) is 0 Å². The zero-order valence-corrected chi connectivity index (χ0v) is 19.1. The van der Waals surface area contributed by atoms with Crippen LogP contribution in [0.1, 0.15) is 34.8 Å². The fourth-order valence-electron chi connectivity index (χ4n) is 3.75. The Labute approximate surface area is 193 Å². The van der Waals surface area contributed by atoms with Crippen LogP contribution in [0.2, 0.25) is 0 Å². The van der Waals surface area contributed by atoms with Gasteiger partial charge in [-0.2, -0.15) is 4.31 Å². The lowest BCUT2D eigenvalue weighted by molar-refractivity contribution is -0.115. The van der Waals surface area contributed by atoms with Crippen LogP contribution >= 0.6 is 0 Å². The van der Waals surface area contributed by atoms with Crippen molar-refractivity contribution in [3.05, 3.63) is 89.5 Å². The quantitative estimate of drug-likeness (QED) is 0.577. The first kappa shape index (κ1) is 22.7. The minimum absolute atomic E-state index is 0.0819. The molecular weight excluding hydrogens is 438 g/mol. The first-order valence-electron chi connectivity index (χ1n) is 10.7. The Kier molecular flexibility index (Phi) is 6.57. The van der Waals surface area contributed by atoms with E-state index >= 15 is 0 Å². The van der Waals surface area contributed by atoms with Crippen LogP contribution in [0.5, 0.6) is 0 Å². The van der Waals surface area contributed by atoms with Gasteiger partial charge in [0.2, 0.25) is 15.9 Å². The molecule has 0 aliphatic carbocycles. The molecule has 1 heterocycles. The first-order chi connectivity index (χ1) is 15.9. The molecule has 0 saturated carbocycles. The van der Waals surface area contributed by atoms with Crippen molar-refractivity contribution < 1.29 is 18.0 Å². The van der Waals surface area contributed by atoms with E-state index in [2.05, 4.69) is 10.6 Å². The molecule has 1 aliphatic heterocycles. The van der Waals surface area contributed by atoms with Gasteiger partial charge in [0, 0.05) is 36.4 Å². The summed E-state index contributed by atoms with van der Waals surface area (Å²) in [7, 11) is -3.75. The predicted molar refractivity (Wildman–Crippen MR) is 127 cm³/mol. The molecule has 0 unspecified atom stereocenters. The Balaban J connectivity index is 1.51. The van der Waals surface area contributed by atoms with Gasteiger partial charge in [-0.05, 0) is 53.9 Å². The van der Waals surface area contributed by atoms with Crippen LogP contribution < -0.4 is 10.6 Å². The summed E-state index contributed by atoms with van der Waals surface area (Å²) in [4.78, 5) is 24.5. The molecule has 2 N–H and O–H groups in total. The third-order valence-corrected chi connectivity index (χ3v) is 7.40. The summed E-state index contributed by atoms with van der Waals surface area (Å²) in [6, 6.07) is 20.7. The molecule has 3 aromatic rings. The van der Waals surface area contributed by atoms with Gasteiger partial charge in [-0.1, -0.05) is 43.3 Å². The number of nitrogens with one attached hydrogen (secondary N) is 2. The third kappa shape index (κ3) is 5.13. The number of fused-ring (bicyclic) bond motifs is 1. The Hall–Kier alpha value is -3.49. The Morgan fingerprint density at radius 2 is 1.58 bits per heavy atom. The second-order valence-electron chi connectivity index (χ2n) is 7.82. The first-order valence-corrected chi connectivity index (χ1v) is 12.2. The molecule has 0 atom stereocenters. The summed E-state index contributed by atoms with van der Waals surface area (Å²) in [6.07, 6.45) is 1.00. The summed E-state index contributed by atoms with van der Waals surface area (Å²) in [5.74, 6) is -0.563. The summed E-state index contributed by atoms with van der Waals surface area (Å²) in [5.41, 5.74) is 3.46. The smallest absolute Gasteiger partial charge is 0.255 e. The lowest BCUT2D eigenvalue weighted by Gasteiger charge is -2.28. The summed E-state index contributed by atoms with van der Waals surface area (Å²) < 4.78 is 28.0. The molecule has 0 saturated heterocycles. The molecule has 0 aromatic heterocycles. The van der Waals surface area contributed by atoms with Crippen LogP contribution in [0, 0.1) is 0 Å². The Morgan fingerprint density at radius 1 is 0.879 bits per heavy atom. The zero-order chi connectivity index (χ0) is 23.4. The van der Waals surface area contributed by atoms with E-state index in [1.165, 1.54) is 16.4 Å². The van der Waals surface area contributed by atoms with Gasteiger partial charge in [0.1, 0.15) is 0 Å². The molecule has 170 valence electrons. The van der Waals surface area contributed by atoms with Gasteiger partial charge in [0.15, 0.2) is 0 Å². The average molecular weight is 464 g/mol. The topological polar surface area (TPSA) is 95.6 Å². The lowest BCUT2D eigenvalue weighted by atomic mass is 10.0. The van der Waals surface area contributed by atoms with E-state index in [0.29, 0.717) is 37.3 Å². The minimum Gasteiger partial charge on any atom is -0.326 e. The lowest BCUT2D eigenvalue weighted by Crippen LogP contribution is -2.36. The predicted octanol–water partition coefficient (Wildman–Crippen LogP) is 4.03. The van der Waals surface area contributed by atoms with Crippen molar-refractivity contribution in [1.29, 1.82) is 0 Å². The molecule has 33 heavy (non-hydrogen) atoms. The van der Waals surface area contributed by atoms with Gasteiger partial charge in [-0.25, -0.2) is 8.42 Å². The van der Waals surface area contributed by atoms with Crippen molar-refractivity contribution in [2.24, 2.45) is 0 Å². The number of sulfonamides is 1. The van der Waals surface area contributed by atoms with Crippen LogP contribution in [-0.4, -0.2) is 31.1 Å². The van der Waals surface area contributed by atoms with Crippen molar-refractivity contribution in [2.75, 3.05) is 17.2 Å². The number of benzene rings is 3. The highest BCUT2D eigenvalue weighted by Crippen LogP contribution is 2.25. The van der Waals surface area contributed by atoms with E-state index < -0.39 is 15.9 Å². The molecular formula is C25H25N3O4S. The van der Waals surface area contributed by atoms with Gasteiger partial charge < -0.3 is 10.6 Å². The van der Waals surface area contributed by atoms with Crippen LogP contribution in [0.4, 0.5) is 11.4 Å². The third-order valence-electron chi connectivity index (χ3n) is 5.55. The molecule has 7 nitrogen and oxygen atoms in total. The van der Waals surface area contributed by atoms with E-state index in [0.717, 1.165) is 11.1 Å². The molecule has 0 bridgehead atoms. The Bertz CT molecular complexity index is 1300. The SMILES string of the molecule is CCC(=O)Nc1cccc(NC(=O)c2cccc(S(=O)(=O)N3CCc4ccccc4C3)c2)c1. The normalized spacial score (nSPS) is 13.7. The average Bonchev–Trinajstić information content (AvgIpc) is 2.84. The van der Waals surface area contributed by atoms with Gasteiger partial charge in [-0.15, -0.1) is 0 Å². The number of amides is 2. The number of hydrogen-bond acceptors (Lipinski definition) is 4. The summed E-state index contributed by atoms with van der Waals surface area (Å²) in [5, 5.41) is 5.50. The minimum atomic E-state index is -3.75. The maximum absolute atomic E-state index is 13.3. The van der Waals surface area contributed by atoms with Crippen molar-refractivity contribution >= 4 is 33.2 Å². The summed E-state index contributed by atoms with van der Waals surface area (Å²) in [6.45, 7) is 2.46. The monoisotopic (exact) mass is 463 g/mol. The van der Waals surface area contributed by atoms with E-state index in [-0.39, 0.29) is 16.4 Å². The maximum atomic E-state index is 13.3. The highest BCUT2D eigenvalue weighted by atomic mass is 32.2. The molecule has 0 radical (unpaired) electrons. The number of hydrogen-bond donors (Lipinski definition) is 2. The van der Waals surface area contributed by atoms with Gasteiger partial charge >= 0.3 is 0 Å². The van der Waals surface area contributed by atoms with E-state index in [1.807, 2.05) is 24.3 Å². The molecule has 2 amide bonds. The fourth-order valence-corrected chi connectivity index (χ4v) is 5.21. The zero-order valence-electron chi connectivity index (χ0n) is 18.2. The van der Waals surface area contributed by atoms with Crippen LogP contribution in [-0.2, 0) is 27.8 Å². The number of carbonyl (C=O) groups excluding carboxylic acids is 2. The van der Waals surface area contributed by atoms with Crippen molar-refractivity contribution in [3.63, 3.8) is 0 Å². The number of rotatable bonds is 6. The molecule has 0 fully saturated rings. The second-order valence-corrected chi connectivity index (χ2v) is 9.76. The second kappa shape index (κ2) is 9.56. The highest BCUT2D eigenvalue weighted by molar-refractivity contribution is 7.89. The molecule has 4 rings (SSSR count). The number of nitrogens with zero attached hydrogens (tertiary/aromatic N) is 1. The van der Waals surface area contributed by atoms with E-state index in [9.17, 15) is 18.0 Å². The van der Waals surface area contributed by atoms with Crippen molar-refractivity contribution in [1.82, 2.24) is 4.31 Å². The Morgan fingerprint density at radius 3 is 2.33 bits per heavy atom. The van der Waals surface area contributed by atoms with Gasteiger partial charge in [0.25, 0.3) is 5.91 Å². The largest absolute Gasteiger partial charge is 0.326 e. The molecule has 1 aliphatic rings. The van der Waals surface area contributed by atoms with Crippen LogP contribution in [0.25, 0.3) is 0 Å². The van der Waals surface area contributed by atoms with Gasteiger partial charge in [-0.3, -0.25) is 9.59 Å². The van der Waals surface area contributed by atoms with Crippen LogP contribution in [0.15, 0.2) is 77.7 Å². The van der Waals surface area contributed by atoms with Gasteiger partial charge in [0.05, 0.1) is 4.90 Å². The molecule has 0 spiro atoms. The highest BCUT2D eigenvalue weighted by Gasteiger charge is 2.28. The molecule has 8 heteroatoms. The van der Waals surface area contributed by atoms with Crippen molar-refractivity contribution in [3.8, 4) is 0 Å². The standard InChI is InChI=1S/C25H25N3O4S/c1-2-24(29)26-21-10-6-11-22(16-21)27-25(30)19-9-5-12-23(15-19)33(31,32)28-14-13-18-7-3-4-8-20(18)17-28/h3-12,15-16H,2,13-14,17H2,1H3,(H,26,29)(H,27,30). The van der Waals surface area contributed by atoms with E-state index in [1.54, 1.807) is 43.3 Å². The number of anilines is 2. The summed E-state index contributed by atoms with van der Waals surface area (Å²) >= 11 is 0. The van der Waals surface area contributed by atoms with Crippen LogP contribution in [0.3, 0.4) is 0 Å². The van der Waals surface area contributed by atoms with Crippen molar-refractivity contribution in [2.45, 2.75) is 31.2 Å². The molecule has 3 aromatic carbocycles. The number of carbonyl (C=O) groups is 2. The fraction of sp³-hybridized carbons (Fsp3) is 0.200.